The maximum Gasteiger partial charge on any atom is 0.137 e. The van der Waals surface area contributed by atoms with E-state index >= 15 is 0 Å². The van der Waals surface area contributed by atoms with Crippen LogP contribution in [0.2, 0.25) is 5.15 Å². The van der Waals surface area contributed by atoms with E-state index in [1.165, 1.54) is 0 Å². The summed E-state index contributed by atoms with van der Waals surface area (Å²) in [6, 6.07) is 3.32. The molecule has 0 radical (unpaired) electrons. The van der Waals surface area contributed by atoms with E-state index in [0.29, 0.717) is 21.6 Å². The molecule has 1 heterocycles. The number of rotatable bonds is 3. The van der Waals surface area contributed by atoms with E-state index in [-0.39, 0.29) is 10.8 Å². The second-order valence-corrected chi connectivity index (χ2v) is 6.02. The Balaban J connectivity index is 2.45. The zero-order valence-electron chi connectivity index (χ0n) is 11.2. The topological polar surface area (TPSA) is 25.8 Å². The summed E-state index contributed by atoms with van der Waals surface area (Å²) < 4.78 is 26.9. The van der Waals surface area contributed by atoms with Gasteiger partial charge in [-0.25, -0.2) is 18.7 Å². The molecular weight excluding hydrogens is 302 g/mol. The van der Waals surface area contributed by atoms with Gasteiger partial charge in [0, 0.05) is 11.5 Å². The fourth-order valence-electron chi connectivity index (χ4n) is 1.50. The summed E-state index contributed by atoms with van der Waals surface area (Å²) in [6.45, 7) is 5.64. The number of hydrogen-bond acceptors (Lipinski definition) is 3. The van der Waals surface area contributed by atoms with E-state index in [4.69, 9.17) is 11.6 Å². The highest BCUT2D eigenvalue weighted by Gasteiger charge is 2.15. The van der Waals surface area contributed by atoms with Gasteiger partial charge in [0.15, 0.2) is 0 Å². The quantitative estimate of drug-likeness (QED) is 0.746. The van der Waals surface area contributed by atoms with E-state index < -0.39 is 11.6 Å². The highest BCUT2D eigenvalue weighted by Crippen LogP contribution is 2.33. The summed E-state index contributed by atoms with van der Waals surface area (Å²) >= 11 is 7.12. The molecule has 1 aromatic heterocycles. The van der Waals surface area contributed by atoms with Crippen LogP contribution in [0.15, 0.2) is 28.1 Å². The Kier molecular flexibility index (Phi) is 4.60. The van der Waals surface area contributed by atoms with Crippen molar-refractivity contribution in [3.05, 3.63) is 46.4 Å². The van der Waals surface area contributed by atoms with Crippen molar-refractivity contribution in [3.8, 4) is 0 Å². The summed E-state index contributed by atoms with van der Waals surface area (Å²) in [5.41, 5.74) is 0.657. The van der Waals surface area contributed by atoms with Gasteiger partial charge in [-0.1, -0.05) is 37.2 Å². The van der Waals surface area contributed by atoms with Crippen molar-refractivity contribution in [3.63, 3.8) is 0 Å². The normalized spacial score (nSPS) is 11.2. The average molecular weight is 315 g/mol. The summed E-state index contributed by atoms with van der Waals surface area (Å²) in [5.74, 6) is -0.294. The molecule has 0 saturated heterocycles. The number of halogens is 3. The van der Waals surface area contributed by atoms with Crippen molar-refractivity contribution in [2.75, 3.05) is 0 Å². The van der Waals surface area contributed by atoms with Gasteiger partial charge in [0.1, 0.15) is 27.6 Å². The standard InChI is InChI=1S/C14H13ClF2N2S/c1-7(2)13-18-12(15)8(3)14(19-13)20-11-6-9(16)4-5-10(11)17/h4-7H,1-3H3. The smallest absolute Gasteiger partial charge is 0.137 e. The number of nitrogens with zero attached hydrogens (tertiary/aromatic N) is 2. The van der Waals surface area contributed by atoms with Gasteiger partial charge < -0.3 is 0 Å². The van der Waals surface area contributed by atoms with Crippen LogP contribution in [0.1, 0.15) is 31.2 Å². The molecule has 6 heteroatoms. The largest absolute Gasteiger partial charge is 0.226 e. The molecule has 0 aliphatic heterocycles. The molecule has 0 amide bonds. The predicted octanol–water partition coefficient (Wildman–Crippen LogP) is 4.99. The predicted molar refractivity (Wildman–Crippen MR) is 76.3 cm³/mol. The van der Waals surface area contributed by atoms with Crippen LogP contribution in [0.5, 0.6) is 0 Å². The van der Waals surface area contributed by atoms with Gasteiger partial charge >= 0.3 is 0 Å². The van der Waals surface area contributed by atoms with Crippen LogP contribution in [0.4, 0.5) is 8.78 Å². The van der Waals surface area contributed by atoms with Gasteiger partial charge in [-0.05, 0) is 25.1 Å². The van der Waals surface area contributed by atoms with Gasteiger partial charge in [-0.2, -0.15) is 0 Å². The summed E-state index contributed by atoms with van der Waals surface area (Å²) in [5, 5.41) is 0.876. The molecule has 20 heavy (non-hydrogen) atoms. The molecule has 0 fully saturated rings. The third-order valence-electron chi connectivity index (χ3n) is 2.68. The second-order valence-electron chi connectivity index (χ2n) is 4.63. The molecular formula is C14H13ClF2N2S. The van der Waals surface area contributed by atoms with Gasteiger partial charge in [0.25, 0.3) is 0 Å². The first-order valence-corrected chi connectivity index (χ1v) is 7.25. The molecule has 2 nitrogen and oxygen atoms in total. The Morgan fingerprint density at radius 1 is 1.20 bits per heavy atom. The third-order valence-corrected chi connectivity index (χ3v) is 4.17. The van der Waals surface area contributed by atoms with E-state index in [1.54, 1.807) is 6.92 Å². The summed E-state index contributed by atoms with van der Waals surface area (Å²) in [7, 11) is 0. The monoisotopic (exact) mass is 314 g/mol. The number of benzene rings is 1. The Morgan fingerprint density at radius 2 is 1.90 bits per heavy atom. The zero-order chi connectivity index (χ0) is 14.9. The molecule has 0 aliphatic carbocycles. The lowest BCUT2D eigenvalue weighted by Crippen LogP contribution is -2.02. The van der Waals surface area contributed by atoms with Crippen LogP contribution in [0.3, 0.4) is 0 Å². The Bertz CT molecular complexity index is 647. The third kappa shape index (κ3) is 3.27. The molecule has 1 aromatic carbocycles. The zero-order valence-corrected chi connectivity index (χ0v) is 12.8. The van der Waals surface area contributed by atoms with E-state index in [0.717, 1.165) is 30.0 Å². The summed E-state index contributed by atoms with van der Waals surface area (Å²) in [6.07, 6.45) is 0. The number of hydrogen-bond donors (Lipinski definition) is 0. The Morgan fingerprint density at radius 3 is 2.55 bits per heavy atom. The van der Waals surface area contributed by atoms with Gasteiger partial charge in [-0.3, -0.25) is 0 Å². The average Bonchev–Trinajstić information content (AvgIpc) is 2.38. The van der Waals surface area contributed by atoms with E-state index in [1.807, 2.05) is 13.8 Å². The maximum absolute atomic E-state index is 13.7. The molecule has 0 saturated carbocycles. The minimum atomic E-state index is -0.490. The Hall–Kier alpha value is -1.20. The lowest BCUT2D eigenvalue weighted by molar-refractivity contribution is 0.577. The first kappa shape index (κ1) is 15.2. The highest BCUT2D eigenvalue weighted by molar-refractivity contribution is 7.99. The second kappa shape index (κ2) is 6.06. The van der Waals surface area contributed by atoms with Crippen LogP contribution < -0.4 is 0 Å². The molecule has 0 aliphatic rings. The highest BCUT2D eigenvalue weighted by atomic mass is 35.5. The van der Waals surface area contributed by atoms with Crippen LogP contribution in [0.25, 0.3) is 0 Å². The molecule has 0 spiro atoms. The van der Waals surface area contributed by atoms with Crippen molar-refractivity contribution in [1.29, 1.82) is 0 Å². The summed E-state index contributed by atoms with van der Waals surface area (Å²) in [4.78, 5) is 8.74. The molecule has 0 unspecified atom stereocenters. The fraction of sp³-hybridized carbons (Fsp3) is 0.286. The lowest BCUT2D eigenvalue weighted by atomic mass is 10.2. The molecule has 0 N–H and O–H groups in total. The minimum Gasteiger partial charge on any atom is -0.226 e. The molecule has 2 aromatic rings. The van der Waals surface area contributed by atoms with Gasteiger partial charge in [0.2, 0.25) is 0 Å². The maximum atomic E-state index is 13.7. The van der Waals surface area contributed by atoms with E-state index in [9.17, 15) is 8.78 Å². The SMILES string of the molecule is Cc1c(Cl)nc(C(C)C)nc1Sc1cc(F)ccc1F. The van der Waals surface area contributed by atoms with Crippen LogP contribution in [-0.2, 0) is 0 Å². The molecule has 2 rings (SSSR count). The fourth-order valence-corrected chi connectivity index (χ4v) is 2.67. The van der Waals surface area contributed by atoms with E-state index in [2.05, 4.69) is 9.97 Å². The molecule has 0 bridgehead atoms. The van der Waals surface area contributed by atoms with Crippen molar-refractivity contribution < 1.29 is 8.78 Å². The van der Waals surface area contributed by atoms with Gasteiger partial charge in [-0.15, -0.1) is 0 Å². The van der Waals surface area contributed by atoms with Gasteiger partial charge in [0.05, 0.1) is 4.90 Å². The van der Waals surface area contributed by atoms with Crippen LogP contribution in [0, 0.1) is 18.6 Å². The first-order valence-electron chi connectivity index (χ1n) is 6.05. The number of aromatic nitrogens is 2. The van der Waals surface area contributed by atoms with Crippen molar-refractivity contribution in [2.45, 2.75) is 36.6 Å². The van der Waals surface area contributed by atoms with Crippen molar-refractivity contribution in [2.24, 2.45) is 0 Å². The Labute approximate surface area is 125 Å². The molecule has 0 atom stereocenters. The lowest BCUT2D eigenvalue weighted by Gasteiger charge is -2.11. The van der Waals surface area contributed by atoms with Crippen molar-refractivity contribution >= 4 is 23.4 Å². The first-order chi connectivity index (χ1) is 9.38. The van der Waals surface area contributed by atoms with Crippen LogP contribution >= 0.6 is 23.4 Å². The molecule has 106 valence electrons. The van der Waals surface area contributed by atoms with Crippen molar-refractivity contribution in [1.82, 2.24) is 9.97 Å². The van der Waals surface area contributed by atoms with Crippen LogP contribution in [-0.4, -0.2) is 9.97 Å². The minimum absolute atomic E-state index is 0.102.